The van der Waals surface area contributed by atoms with E-state index in [9.17, 15) is 22.4 Å². The van der Waals surface area contributed by atoms with Gasteiger partial charge in [-0.15, -0.1) is 0 Å². The van der Waals surface area contributed by atoms with Gasteiger partial charge in [-0.3, -0.25) is 0 Å². The molecule has 0 aliphatic carbocycles. The van der Waals surface area contributed by atoms with Gasteiger partial charge < -0.3 is 19.3 Å². The fourth-order valence-electron chi connectivity index (χ4n) is 3.80. The van der Waals surface area contributed by atoms with E-state index in [-0.39, 0.29) is 23.7 Å². The normalized spacial score (nSPS) is 15.8. The van der Waals surface area contributed by atoms with E-state index < -0.39 is 17.6 Å². The molecule has 2 heterocycles. The number of benzene rings is 2. The van der Waals surface area contributed by atoms with Crippen molar-refractivity contribution < 1.29 is 31.8 Å². The van der Waals surface area contributed by atoms with Gasteiger partial charge in [0.25, 0.3) is 0 Å². The predicted octanol–water partition coefficient (Wildman–Crippen LogP) is 6.18. The number of halogens is 4. The maximum atomic E-state index is 14.7. The molecule has 4 rings (SSSR count). The Morgan fingerprint density at radius 2 is 1.89 bits per heavy atom. The number of likely N-dealkylation sites (N-methyl/N-ethyl adjacent to an activating group) is 1. The van der Waals surface area contributed by atoms with Crippen LogP contribution in [0.2, 0.25) is 0 Å². The summed E-state index contributed by atoms with van der Waals surface area (Å²) in [6.07, 6.45) is -3.42. The van der Waals surface area contributed by atoms with Gasteiger partial charge in [-0.05, 0) is 55.3 Å². The van der Waals surface area contributed by atoms with Gasteiger partial charge >= 0.3 is 12.3 Å². The van der Waals surface area contributed by atoms with Crippen LogP contribution in [0.4, 0.5) is 33.9 Å². The van der Waals surface area contributed by atoms with Crippen molar-refractivity contribution in [3.8, 4) is 11.5 Å². The molecule has 0 unspecified atom stereocenters. The fourth-order valence-corrected chi connectivity index (χ4v) is 3.80. The van der Waals surface area contributed by atoms with Crippen LogP contribution in [0.15, 0.2) is 60.8 Å². The van der Waals surface area contributed by atoms with Crippen molar-refractivity contribution in [3.05, 3.63) is 77.7 Å². The highest BCUT2D eigenvalue weighted by Gasteiger charge is 2.32. The quantitative estimate of drug-likeness (QED) is 0.371. The topological polar surface area (TPSA) is 54.9 Å². The summed E-state index contributed by atoms with van der Waals surface area (Å²) in [7, 11) is 1.58. The molecule has 10 heteroatoms. The molecule has 1 saturated heterocycles. The zero-order valence-electron chi connectivity index (χ0n) is 19.1. The maximum absolute atomic E-state index is 14.7. The third kappa shape index (κ3) is 5.47. The molecule has 2 aromatic carbocycles. The second kappa shape index (κ2) is 9.81. The largest absolute Gasteiger partial charge is 0.454 e. The molecular weight excluding hydrogens is 466 g/mol. The van der Waals surface area contributed by atoms with E-state index in [1.54, 1.807) is 30.1 Å². The van der Waals surface area contributed by atoms with Crippen LogP contribution >= 0.6 is 0 Å². The smallest absolute Gasteiger partial charge is 0.417 e. The molecular formula is C25H23F4N3O3. The number of aromatic nitrogens is 1. The molecule has 1 aliphatic heterocycles. The lowest BCUT2D eigenvalue weighted by Gasteiger charge is -2.20. The highest BCUT2D eigenvalue weighted by Crippen LogP contribution is 2.32. The predicted molar refractivity (Wildman–Crippen MR) is 121 cm³/mol. The van der Waals surface area contributed by atoms with Gasteiger partial charge in [-0.25, -0.2) is 14.2 Å². The lowest BCUT2D eigenvalue weighted by molar-refractivity contribution is -0.137. The van der Waals surface area contributed by atoms with Crippen LogP contribution in [0.25, 0.3) is 0 Å². The molecule has 1 fully saturated rings. The van der Waals surface area contributed by atoms with E-state index in [1.807, 2.05) is 19.1 Å². The number of amides is 1. The Hall–Kier alpha value is -3.82. The highest BCUT2D eigenvalue weighted by atomic mass is 19.4. The number of hydrogen-bond acceptors (Lipinski definition) is 5. The van der Waals surface area contributed by atoms with Gasteiger partial charge in [0.05, 0.1) is 11.6 Å². The average Bonchev–Trinajstić information content (AvgIpc) is 3.19. The van der Waals surface area contributed by atoms with Gasteiger partial charge in [-0.2, -0.15) is 13.2 Å². The first-order valence-corrected chi connectivity index (χ1v) is 10.9. The molecule has 0 bridgehead atoms. The van der Waals surface area contributed by atoms with Gasteiger partial charge in [0, 0.05) is 31.5 Å². The molecule has 0 spiro atoms. The van der Waals surface area contributed by atoms with Crippen molar-refractivity contribution >= 4 is 17.6 Å². The summed E-state index contributed by atoms with van der Waals surface area (Å²) in [5.41, 5.74) is 0.523. The van der Waals surface area contributed by atoms with Crippen molar-refractivity contribution in [1.82, 2.24) is 9.88 Å². The Morgan fingerprint density at radius 1 is 1.14 bits per heavy atom. The summed E-state index contributed by atoms with van der Waals surface area (Å²) < 4.78 is 63.7. The van der Waals surface area contributed by atoms with Crippen LogP contribution in [-0.4, -0.2) is 42.2 Å². The van der Waals surface area contributed by atoms with E-state index in [0.29, 0.717) is 31.0 Å². The number of carbonyl (C=O) groups excluding carboxylic acids is 1. The fraction of sp³-hybridized carbons (Fsp3) is 0.280. The van der Waals surface area contributed by atoms with Crippen molar-refractivity contribution in [1.29, 1.82) is 0 Å². The van der Waals surface area contributed by atoms with E-state index >= 15 is 0 Å². The first-order chi connectivity index (χ1) is 16.7. The first-order valence-electron chi connectivity index (χ1n) is 10.9. The monoisotopic (exact) mass is 489 g/mol. The second-order valence-electron chi connectivity index (χ2n) is 8.04. The van der Waals surface area contributed by atoms with Gasteiger partial charge in [0.15, 0.2) is 11.6 Å². The molecule has 0 saturated carbocycles. The SMILES string of the molecule is CCN1C(=O)OC[C@@H]1Cc1ccc(Oc2ccc(N(C)c3ccc(C(F)(F)F)cn3)cc2F)cc1. The Balaban J connectivity index is 1.41. The minimum atomic E-state index is -4.48. The van der Waals surface area contributed by atoms with E-state index in [4.69, 9.17) is 9.47 Å². The summed E-state index contributed by atoms with van der Waals surface area (Å²) in [5.74, 6) is 0.0367. The molecule has 35 heavy (non-hydrogen) atoms. The highest BCUT2D eigenvalue weighted by molar-refractivity contribution is 5.70. The number of cyclic esters (lactones) is 1. The van der Waals surface area contributed by atoms with E-state index in [1.165, 1.54) is 23.1 Å². The van der Waals surface area contributed by atoms with Crippen LogP contribution in [0.5, 0.6) is 11.5 Å². The summed E-state index contributed by atoms with van der Waals surface area (Å²) in [4.78, 5) is 18.7. The number of rotatable bonds is 7. The molecule has 6 nitrogen and oxygen atoms in total. The van der Waals surface area contributed by atoms with Crippen LogP contribution in [-0.2, 0) is 17.3 Å². The number of pyridine rings is 1. The molecule has 0 N–H and O–H groups in total. The van der Waals surface area contributed by atoms with Gasteiger partial charge in [0.2, 0.25) is 0 Å². The molecule has 3 aromatic rings. The third-order valence-corrected chi connectivity index (χ3v) is 5.76. The average molecular weight is 489 g/mol. The molecule has 1 atom stereocenters. The molecule has 1 aliphatic rings. The Bertz CT molecular complexity index is 1180. The first kappa shape index (κ1) is 24.3. The Morgan fingerprint density at radius 3 is 2.49 bits per heavy atom. The standard InChI is InChI=1S/C25H23F4N3O3/c1-3-32-19(15-34-24(32)33)12-16-4-8-20(9-5-16)35-22-10-7-18(13-21(22)26)31(2)23-11-6-17(14-30-23)25(27,28)29/h4-11,13-14,19H,3,12,15H2,1-2H3/t19-/m0/s1. The van der Waals surface area contributed by atoms with Crippen molar-refractivity contribution in [3.63, 3.8) is 0 Å². The molecule has 1 amide bonds. The zero-order chi connectivity index (χ0) is 25.2. The summed E-state index contributed by atoms with van der Waals surface area (Å²) in [6, 6.07) is 13.5. The van der Waals surface area contributed by atoms with Crippen molar-refractivity contribution in [2.45, 2.75) is 25.6 Å². The van der Waals surface area contributed by atoms with Crippen LogP contribution in [0, 0.1) is 5.82 Å². The number of ether oxygens (including phenoxy) is 2. The Labute approximate surface area is 199 Å². The Kier molecular flexibility index (Phi) is 6.81. The lowest BCUT2D eigenvalue weighted by Crippen LogP contribution is -2.34. The minimum Gasteiger partial charge on any atom is -0.454 e. The van der Waals surface area contributed by atoms with Crippen LogP contribution in [0.1, 0.15) is 18.1 Å². The summed E-state index contributed by atoms with van der Waals surface area (Å²) in [6.45, 7) is 2.82. The second-order valence-corrected chi connectivity index (χ2v) is 8.04. The lowest BCUT2D eigenvalue weighted by atomic mass is 10.1. The van der Waals surface area contributed by atoms with E-state index in [2.05, 4.69) is 4.98 Å². The number of carbonyl (C=O) groups is 1. The van der Waals surface area contributed by atoms with Gasteiger partial charge in [-0.1, -0.05) is 12.1 Å². The number of anilines is 2. The van der Waals surface area contributed by atoms with Crippen molar-refractivity contribution in [2.24, 2.45) is 0 Å². The third-order valence-electron chi connectivity index (χ3n) is 5.76. The summed E-state index contributed by atoms with van der Waals surface area (Å²) >= 11 is 0. The molecule has 0 radical (unpaired) electrons. The maximum Gasteiger partial charge on any atom is 0.417 e. The molecule has 1 aromatic heterocycles. The number of hydrogen-bond donors (Lipinski definition) is 0. The number of nitrogens with zero attached hydrogens (tertiary/aromatic N) is 3. The zero-order valence-corrected chi connectivity index (χ0v) is 19.1. The molecule has 184 valence electrons. The summed E-state index contributed by atoms with van der Waals surface area (Å²) in [5, 5.41) is 0. The van der Waals surface area contributed by atoms with Crippen LogP contribution < -0.4 is 9.64 Å². The number of alkyl halides is 3. The van der Waals surface area contributed by atoms with Crippen LogP contribution in [0.3, 0.4) is 0 Å². The van der Waals surface area contributed by atoms with Crippen molar-refractivity contribution in [2.75, 3.05) is 25.1 Å². The van der Waals surface area contributed by atoms with Gasteiger partial charge in [0.1, 0.15) is 18.2 Å². The van der Waals surface area contributed by atoms with E-state index in [0.717, 1.165) is 17.8 Å². The minimum absolute atomic E-state index is 0.00206.